The highest BCUT2D eigenvalue weighted by Crippen LogP contribution is 2.13. The normalized spacial score (nSPS) is 10.8. The molecule has 2 rings (SSSR count). The lowest BCUT2D eigenvalue weighted by atomic mass is 10.1. The zero-order chi connectivity index (χ0) is 12.6. The lowest BCUT2D eigenvalue weighted by Crippen LogP contribution is -2.44. The average Bonchev–Trinajstić information content (AvgIpc) is 2.29. The molecule has 0 saturated carbocycles. The fourth-order valence-corrected chi connectivity index (χ4v) is 1.66. The Morgan fingerprint density at radius 2 is 1.76 bits per heavy atom. The highest BCUT2D eigenvalue weighted by molar-refractivity contribution is 5.70. The van der Waals surface area contributed by atoms with Crippen LogP contribution in [0.3, 0.4) is 0 Å². The van der Waals surface area contributed by atoms with E-state index in [4.69, 9.17) is 0 Å². The fourth-order valence-electron chi connectivity index (χ4n) is 1.66. The van der Waals surface area contributed by atoms with Crippen molar-refractivity contribution in [1.82, 2.24) is 5.10 Å². The molecule has 0 radical (unpaired) electrons. The van der Waals surface area contributed by atoms with Crippen LogP contribution in [0.15, 0.2) is 12.1 Å². The summed E-state index contributed by atoms with van der Waals surface area (Å²) in [6.07, 6.45) is 0. The van der Waals surface area contributed by atoms with Gasteiger partial charge in [-0.05, 0) is 38.0 Å². The monoisotopic (exact) mass is 234 g/mol. The van der Waals surface area contributed by atoms with E-state index in [1.54, 1.807) is 12.1 Å². The summed E-state index contributed by atoms with van der Waals surface area (Å²) in [6, 6.07) is 3.38. The molecular weight excluding hydrogens is 220 g/mol. The molecule has 1 heterocycles. The van der Waals surface area contributed by atoms with Crippen LogP contribution >= 0.6 is 0 Å². The first-order valence-electron chi connectivity index (χ1n) is 5.42. The zero-order valence-corrected chi connectivity index (χ0v) is 10.0. The summed E-state index contributed by atoms with van der Waals surface area (Å²) in [6.45, 7) is 6.16. The van der Waals surface area contributed by atoms with Crippen LogP contribution in [0.25, 0.3) is 11.0 Å². The Hall–Kier alpha value is -2.11. The molecule has 0 fully saturated rings. The van der Waals surface area contributed by atoms with Gasteiger partial charge < -0.3 is 10.4 Å². The molecule has 2 aromatic rings. The van der Waals surface area contributed by atoms with E-state index in [1.807, 2.05) is 20.8 Å². The number of nitrogens with zero attached hydrogens (tertiary/aromatic N) is 3. The molecule has 0 aliphatic heterocycles. The molecule has 0 amide bonds. The van der Waals surface area contributed by atoms with Gasteiger partial charge in [-0.25, -0.2) is 4.73 Å². The number of benzene rings is 1. The number of anilines is 1. The first-order valence-corrected chi connectivity index (χ1v) is 5.42. The standard InChI is InChI=1S/C11H14N4O2/c1-4-12-11-13-15(17)10-6-8(3)7(2)5-9(10)14(11)16/h5-6H,4H2,1-3H3,(H,12,13). The molecule has 6 heteroatoms. The third-order valence-corrected chi connectivity index (χ3v) is 2.73. The molecule has 0 aliphatic rings. The zero-order valence-electron chi connectivity index (χ0n) is 10.0. The van der Waals surface area contributed by atoms with Crippen LogP contribution in [0.2, 0.25) is 0 Å². The van der Waals surface area contributed by atoms with E-state index in [0.717, 1.165) is 11.1 Å². The van der Waals surface area contributed by atoms with Crippen molar-refractivity contribution in [1.29, 1.82) is 0 Å². The molecule has 0 spiro atoms. The molecule has 0 atom stereocenters. The molecule has 0 bridgehead atoms. The SMILES string of the molecule is CCNc1n[n+]([O-])c2cc(C)c(C)cc2[n+]1[O-]. The Kier molecular flexibility index (Phi) is 2.71. The van der Waals surface area contributed by atoms with Gasteiger partial charge in [-0.15, -0.1) is 0 Å². The van der Waals surface area contributed by atoms with E-state index in [1.165, 1.54) is 0 Å². The summed E-state index contributed by atoms with van der Waals surface area (Å²) in [5.41, 5.74) is 2.54. The van der Waals surface area contributed by atoms with Crippen molar-refractivity contribution in [2.24, 2.45) is 0 Å². The Bertz CT molecular complexity index is 583. The van der Waals surface area contributed by atoms with E-state index in [2.05, 4.69) is 10.4 Å². The molecule has 1 aromatic heterocycles. The van der Waals surface area contributed by atoms with E-state index in [-0.39, 0.29) is 11.5 Å². The predicted octanol–water partition coefficient (Wildman–Crippen LogP) is 0.550. The van der Waals surface area contributed by atoms with Crippen molar-refractivity contribution in [2.45, 2.75) is 20.8 Å². The van der Waals surface area contributed by atoms with Crippen LogP contribution in [-0.4, -0.2) is 11.6 Å². The first-order chi connectivity index (χ1) is 8.04. The Morgan fingerprint density at radius 1 is 1.18 bits per heavy atom. The van der Waals surface area contributed by atoms with Gasteiger partial charge in [-0.3, -0.25) is 5.32 Å². The van der Waals surface area contributed by atoms with Gasteiger partial charge >= 0.3 is 5.95 Å². The average molecular weight is 234 g/mol. The predicted molar refractivity (Wildman–Crippen MR) is 63.3 cm³/mol. The van der Waals surface area contributed by atoms with Gasteiger partial charge in [0.1, 0.15) is 0 Å². The molecule has 0 saturated heterocycles. The quantitative estimate of drug-likeness (QED) is 0.608. The maximum absolute atomic E-state index is 12.0. The lowest BCUT2D eigenvalue weighted by molar-refractivity contribution is -0.672. The minimum atomic E-state index is 0.0262. The number of hydrogen-bond acceptors (Lipinski definition) is 4. The summed E-state index contributed by atoms with van der Waals surface area (Å²) in [7, 11) is 0. The van der Waals surface area contributed by atoms with Crippen molar-refractivity contribution < 1.29 is 9.58 Å². The third-order valence-electron chi connectivity index (χ3n) is 2.73. The van der Waals surface area contributed by atoms with Crippen LogP contribution in [-0.2, 0) is 0 Å². The van der Waals surface area contributed by atoms with Gasteiger partial charge in [0.25, 0.3) is 5.52 Å². The highest BCUT2D eigenvalue weighted by atomic mass is 16.5. The molecule has 0 aliphatic carbocycles. The van der Waals surface area contributed by atoms with Gasteiger partial charge in [0.2, 0.25) is 5.10 Å². The number of nitrogens with one attached hydrogen (secondary N) is 1. The number of hydrogen-bond donors (Lipinski definition) is 1. The lowest BCUT2D eigenvalue weighted by Gasteiger charge is -2.10. The second-order valence-corrected chi connectivity index (χ2v) is 3.95. The number of aromatic nitrogens is 3. The van der Waals surface area contributed by atoms with Gasteiger partial charge in [-0.1, -0.05) is 0 Å². The summed E-state index contributed by atoms with van der Waals surface area (Å²) in [4.78, 5) is 0.480. The Labute approximate surface area is 98.7 Å². The number of rotatable bonds is 2. The molecular formula is C11H14N4O2. The van der Waals surface area contributed by atoms with Crippen molar-refractivity contribution in [3.63, 3.8) is 0 Å². The topological polar surface area (TPSA) is 78.8 Å². The number of fused-ring (bicyclic) bond motifs is 1. The minimum absolute atomic E-state index is 0.0262. The smallest absolute Gasteiger partial charge is 0.460 e. The maximum Gasteiger partial charge on any atom is 0.460 e. The molecule has 90 valence electrons. The van der Waals surface area contributed by atoms with Gasteiger partial charge in [0, 0.05) is 10.9 Å². The second kappa shape index (κ2) is 4.04. The molecule has 6 nitrogen and oxygen atoms in total. The fraction of sp³-hybridized carbons (Fsp3) is 0.364. The van der Waals surface area contributed by atoms with E-state index >= 15 is 0 Å². The van der Waals surface area contributed by atoms with Crippen molar-refractivity contribution in [3.8, 4) is 0 Å². The van der Waals surface area contributed by atoms with Crippen LogP contribution in [0, 0.1) is 24.3 Å². The van der Waals surface area contributed by atoms with E-state index in [9.17, 15) is 10.4 Å². The minimum Gasteiger partial charge on any atom is -0.739 e. The van der Waals surface area contributed by atoms with Gasteiger partial charge in [0.15, 0.2) is 5.52 Å². The van der Waals surface area contributed by atoms with Gasteiger partial charge in [0.05, 0.1) is 6.54 Å². The Morgan fingerprint density at radius 3 is 2.35 bits per heavy atom. The third kappa shape index (κ3) is 1.82. The number of aryl methyl sites for hydroxylation is 2. The van der Waals surface area contributed by atoms with Crippen LogP contribution in [0.1, 0.15) is 18.1 Å². The summed E-state index contributed by atoms with van der Waals surface area (Å²) < 4.78 is 0.652. The van der Waals surface area contributed by atoms with Crippen molar-refractivity contribution in [3.05, 3.63) is 33.7 Å². The molecule has 1 aromatic carbocycles. The molecule has 0 unspecified atom stereocenters. The van der Waals surface area contributed by atoms with Crippen LogP contribution in [0.4, 0.5) is 5.95 Å². The Balaban J connectivity index is 2.79. The maximum atomic E-state index is 12.0. The van der Waals surface area contributed by atoms with Crippen LogP contribution < -0.4 is 14.9 Å². The van der Waals surface area contributed by atoms with E-state index in [0.29, 0.717) is 21.6 Å². The molecule has 1 N–H and O–H groups in total. The summed E-state index contributed by atoms with van der Waals surface area (Å²) >= 11 is 0. The second-order valence-electron chi connectivity index (χ2n) is 3.95. The van der Waals surface area contributed by atoms with Crippen LogP contribution in [0.5, 0.6) is 0 Å². The van der Waals surface area contributed by atoms with Gasteiger partial charge in [-0.2, -0.15) is 0 Å². The van der Waals surface area contributed by atoms with Crippen molar-refractivity contribution in [2.75, 3.05) is 11.9 Å². The first kappa shape index (κ1) is 11.4. The highest BCUT2D eigenvalue weighted by Gasteiger charge is 2.19. The van der Waals surface area contributed by atoms with Crippen molar-refractivity contribution >= 4 is 17.0 Å². The summed E-state index contributed by atoms with van der Waals surface area (Å²) in [5, 5.41) is 30.1. The largest absolute Gasteiger partial charge is 0.739 e. The summed E-state index contributed by atoms with van der Waals surface area (Å²) in [5.74, 6) is 0.0262. The molecule has 17 heavy (non-hydrogen) atoms. The van der Waals surface area contributed by atoms with E-state index < -0.39 is 0 Å².